The maximum atomic E-state index is 12.9. The highest BCUT2D eigenvalue weighted by Crippen LogP contribution is 2.12. The second kappa shape index (κ2) is 3.84. The van der Waals surface area contributed by atoms with E-state index in [1.54, 1.807) is 11.6 Å². The maximum Gasteiger partial charge on any atom is 0.213 e. The van der Waals surface area contributed by atoms with E-state index in [1.807, 2.05) is 0 Å². The molecule has 1 aromatic heterocycles. The Balaban J connectivity index is 2.41. The first-order valence-electron chi connectivity index (χ1n) is 4.55. The van der Waals surface area contributed by atoms with Crippen LogP contribution in [0.15, 0.2) is 30.7 Å². The van der Waals surface area contributed by atoms with Gasteiger partial charge in [0.15, 0.2) is 0 Å². The lowest BCUT2D eigenvalue weighted by atomic mass is 10.1. The SMILES string of the molecule is Cn1cnc(C(=O)c2cc(F)cc(F)c2)c1. The van der Waals surface area contributed by atoms with E-state index in [0.29, 0.717) is 0 Å². The molecule has 1 aromatic carbocycles. The summed E-state index contributed by atoms with van der Waals surface area (Å²) in [5.74, 6) is -2.06. The van der Waals surface area contributed by atoms with Crippen LogP contribution in [-0.4, -0.2) is 15.3 Å². The molecule has 0 aliphatic rings. The zero-order valence-electron chi connectivity index (χ0n) is 8.45. The van der Waals surface area contributed by atoms with Crippen LogP contribution in [-0.2, 0) is 7.05 Å². The third-order valence-corrected chi connectivity index (χ3v) is 2.06. The molecule has 0 spiro atoms. The minimum Gasteiger partial charge on any atom is -0.340 e. The molecule has 0 radical (unpaired) electrons. The Morgan fingerprint density at radius 2 is 1.88 bits per heavy atom. The number of benzene rings is 1. The van der Waals surface area contributed by atoms with E-state index < -0.39 is 17.4 Å². The van der Waals surface area contributed by atoms with Crippen molar-refractivity contribution in [2.75, 3.05) is 0 Å². The predicted octanol–water partition coefficient (Wildman–Crippen LogP) is 1.93. The average Bonchev–Trinajstić information content (AvgIpc) is 2.62. The predicted molar refractivity (Wildman–Crippen MR) is 53.0 cm³/mol. The molecule has 1 heterocycles. The zero-order valence-corrected chi connectivity index (χ0v) is 8.45. The van der Waals surface area contributed by atoms with Gasteiger partial charge >= 0.3 is 0 Å². The second-order valence-corrected chi connectivity index (χ2v) is 3.41. The molecule has 0 fully saturated rings. The van der Waals surface area contributed by atoms with Crippen molar-refractivity contribution in [3.63, 3.8) is 0 Å². The molecule has 0 N–H and O–H groups in total. The molecule has 5 heteroatoms. The third kappa shape index (κ3) is 1.98. The Hall–Kier alpha value is -2.04. The number of nitrogens with zero attached hydrogens (tertiary/aromatic N) is 2. The van der Waals surface area contributed by atoms with Gasteiger partial charge in [-0.25, -0.2) is 13.8 Å². The van der Waals surface area contributed by atoms with E-state index in [4.69, 9.17) is 0 Å². The molecule has 0 bridgehead atoms. The van der Waals surface area contributed by atoms with Gasteiger partial charge in [0, 0.05) is 24.9 Å². The Bertz CT molecular complexity index is 528. The van der Waals surface area contributed by atoms with Crippen molar-refractivity contribution >= 4 is 5.78 Å². The monoisotopic (exact) mass is 222 g/mol. The van der Waals surface area contributed by atoms with Crippen LogP contribution in [0, 0.1) is 11.6 Å². The minimum atomic E-state index is -0.778. The van der Waals surface area contributed by atoms with Crippen LogP contribution in [0.1, 0.15) is 16.1 Å². The zero-order chi connectivity index (χ0) is 11.7. The number of aryl methyl sites for hydroxylation is 1. The van der Waals surface area contributed by atoms with Crippen LogP contribution in [0.4, 0.5) is 8.78 Å². The number of aromatic nitrogens is 2. The first-order chi connectivity index (χ1) is 7.56. The molecule has 0 saturated heterocycles. The van der Waals surface area contributed by atoms with Crippen molar-refractivity contribution in [1.29, 1.82) is 0 Å². The summed E-state index contributed by atoms with van der Waals surface area (Å²) in [6.07, 6.45) is 2.94. The van der Waals surface area contributed by atoms with E-state index in [9.17, 15) is 13.6 Å². The number of halogens is 2. The summed E-state index contributed by atoms with van der Waals surface area (Å²) in [6.45, 7) is 0. The van der Waals surface area contributed by atoms with Crippen molar-refractivity contribution in [1.82, 2.24) is 9.55 Å². The van der Waals surface area contributed by atoms with Gasteiger partial charge in [0.25, 0.3) is 0 Å². The Kier molecular flexibility index (Phi) is 2.52. The van der Waals surface area contributed by atoms with Gasteiger partial charge in [-0.2, -0.15) is 0 Å². The summed E-state index contributed by atoms with van der Waals surface area (Å²) in [7, 11) is 1.70. The van der Waals surface area contributed by atoms with Crippen molar-refractivity contribution in [2.45, 2.75) is 0 Å². The lowest BCUT2D eigenvalue weighted by molar-refractivity contribution is 0.103. The third-order valence-electron chi connectivity index (χ3n) is 2.06. The molecule has 3 nitrogen and oxygen atoms in total. The van der Waals surface area contributed by atoms with Crippen LogP contribution in [0.25, 0.3) is 0 Å². The fourth-order valence-electron chi connectivity index (χ4n) is 1.36. The largest absolute Gasteiger partial charge is 0.340 e. The van der Waals surface area contributed by atoms with Gasteiger partial charge in [0.2, 0.25) is 5.78 Å². The van der Waals surface area contributed by atoms with E-state index >= 15 is 0 Å². The van der Waals surface area contributed by atoms with Crippen LogP contribution in [0.2, 0.25) is 0 Å². The van der Waals surface area contributed by atoms with Crippen LogP contribution in [0.3, 0.4) is 0 Å². The molecule has 0 aliphatic carbocycles. The number of carbonyl (C=O) groups is 1. The minimum absolute atomic E-state index is 0.0452. The molecule has 0 amide bonds. The van der Waals surface area contributed by atoms with Crippen LogP contribution < -0.4 is 0 Å². The van der Waals surface area contributed by atoms with Crippen molar-refractivity contribution in [3.8, 4) is 0 Å². The summed E-state index contributed by atoms with van der Waals surface area (Å²) >= 11 is 0. The van der Waals surface area contributed by atoms with Gasteiger partial charge in [-0.15, -0.1) is 0 Å². The van der Waals surface area contributed by atoms with Crippen molar-refractivity contribution in [2.24, 2.45) is 7.05 Å². The number of ketones is 1. The normalized spacial score (nSPS) is 10.4. The second-order valence-electron chi connectivity index (χ2n) is 3.41. The number of carbonyl (C=O) groups excluding carboxylic acids is 1. The van der Waals surface area contributed by atoms with Gasteiger partial charge in [-0.3, -0.25) is 4.79 Å². The molecule has 2 aromatic rings. The van der Waals surface area contributed by atoms with Gasteiger partial charge < -0.3 is 4.57 Å². The average molecular weight is 222 g/mol. The maximum absolute atomic E-state index is 12.9. The molecule has 82 valence electrons. The Morgan fingerprint density at radius 3 is 2.38 bits per heavy atom. The quantitative estimate of drug-likeness (QED) is 0.728. The summed E-state index contributed by atoms with van der Waals surface area (Å²) in [5, 5.41) is 0. The van der Waals surface area contributed by atoms with Crippen LogP contribution in [0.5, 0.6) is 0 Å². The molecular formula is C11H8F2N2O. The fraction of sp³-hybridized carbons (Fsp3) is 0.0909. The molecule has 0 unspecified atom stereocenters. The molecule has 0 saturated carbocycles. The highest BCUT2D eigenvalue weighted by atomic mass is 19.1. The Morgan fingerprint density at radius 1 is 1.25 bits per heavy atom. The first-order valence-corrected chi connectivity index (χ1v) is 4.55. The van der Waals surface area contributed by atoms with Gasteiger partial charge in [-0.05, 0) is 12.1 Å². The highest BCUT2D eigenvalue weighted by Gasteiger charge is 2.13. The fourth-order valence-corrected chi connectivity index (χ4v) is 1.36. The van der Waals surface area contributed by atoms with Gasteiger partial charge in [0.1, 0.15) is 17.3 Å². The number of hydrogen-bond donors (Lipinski definition) is 0. The summed E-state index contributed by atoms with van der Waals surface area (Å²) in [4.78, 5) is 15.6. The number of imidazole rings is 1. The topological polar surface area (TPSA) is 34.9 Å². The van der Waals surface area contributed by atoms with Crippen molar-refractivity contribution < 1.29 is 13.6 Å². The van der Waals surface area contributed by atoms with Crippen molar-refractivity contribution in [3.05, 3.63) is 53.6 Å². The van der Waals surface area contributed by atoms with Gasteiger partial charge in [-0.1, -0.05) is 0 Å². The van der Waals surface area contributed by atoms with E-state index in [0.717, 1.165) is 18.2 Å². The number of hydrogen-bond acceptors (Lipinski definition) is 2. The lowest BCUT2D eigenvalue weighted by Crippen LogP contribution is -2.03. The summed E-state index contributed by atoms with van der Waals surface area (Å²) in [6, 6.07) is 2.69. The highest BCUT2D eigenvalue weighted by molar-refractivity contribution is 6.07. The van der Waals surface area contributed by atoms with E-state index in [1.165, 1.54) is 12.5 Å². The molecular weight excluding hydrogens is 214 g/mol. The standard InChI is InChI=1S/C11H8F2N2O/c1-15-5-10(14-6-15)11(16)7-2-8(12)4-9(13)3-7/h2-6H,1H3. The number of rotatable bonds is 2. The Labute approximate surface area is 90.3 Å². The van der Waals surface area contributed by atoms with E-state index in [2.05, 4.69) is 4.98 Å². The lowest BCUT2D eigenvalue weighted by Gasteiger charge is -1.98. The molecule has 0 aliphatic heterocycles. The smallest absolute Gasteiger partial charge is 0.213 e. The molecule has 16 heavy (non-hydrogen) atoms. The summed E-state index contributed by atoms with van der Waals surface area (Å²) < 4.78 is 27.4. The molecule has 0 atom stereocenters. The first kappa shape index (κ1) is 10.5. The summed E-state index contributed by atoms with van der Waals surface area (Å²) in [5.41, 5.74) is 0.115. The van der Waals surface area contributed by atoms with Crippen LogP contribution >= 0.6 is 0 Å². The van der Waals surface area contributed by atoms with Gasteiger partial charge in [0.05, 0.1) is 6.33 Å². The van der Waals surface area contributed by atoms with E-state index in [-0.39, 0.29) is 11.3 Å². The molecule has 2 rings (SSSR count).